The van der Waals surface area contributed by atoms with E-state index in [2.05, 4.69) is 36.5 Å². The number of carbonyl (C=O) groups is 2. The number of ether oxygens (including phenoxy) is 1. The molecule has 1 atom stereocenters. The van der Waals surface area contributed by atoms with Crippen LogP contribution in [0.15, 0.2) is 48.5 Å². The molecular formula is C26H36N2O3S. The highest BCUT2D eigenvalue weighted by molar-refractivity contribution is 7.99. The summed E-state index contributed by atoms with van der Waals surface area (Å²) in [5.41, 5.74) is 3.01. The van der Waals surface area contributed by atoms with Gasteiger partial charge in [0.15, 0.2) is 0 Å². The van der Waals surface area contributed by atoms with Gasteiger partial charge < -0.3 is 15.0 Å². The number of nitrogens with one attached hydrogen (secondary N) is 1. The molecule has 32 heavy (non-hydrogen) atoms. The van der Waals surface area contributed by atoms with E-state index in [0.717, 1.165) is 17.1 Å². The maximum Gasteiger partial charge on any atom is 0.243 e. The second-order valence-corrected chi connectivity index (χ2v) is 10.00. The summed E-state index contributed by atoms with van der Waals surface area (Å²) in [5, 5.41) is 3.04. The molecule has 0 aliphatic carbocycles. The first-order chi connectivity index (χ1) is 15.1. The van der Waals surface area contributed by atoms with Crippen molar-refractivity contribution in [1.29, 1.82) is 0 Å². The maximum absolute atomic E-state index is 13.3. The summed E-state index contributed by atoms with van der Waals surface area (Å²) in [4.78, 5) is 28.0. The molecule has 0 fully saturated rings. The molecular weight excluding hydrogens is 420 g/mol. The van der Waals surface area contributed by atoms with E-state index >= 15 is 0 Å². The number of nitrogens with zero attached hydrogens (tertiary/aromatic N) is 1. The van der Waals surface area contributed by atoms with Gasteiger partial charge in [-0.2, -0.15) is 0 Å². The van der Waals surface area contributed by atoms with E-state index in [1.165, 1.54) is 11.1 Å². The monoisotopic (exact) mass is 456 g/mol. The number of hydrogen-bond donors (Lipinski definition) is 1. The molecule has 0 radical (unpaired) electrons. The fourth-order valence-electron chi connectivity index (χ4n) is 3.32. The van der Waals surface area contributed by atoms with Gasteiger partial charge in [0.25, 0.3) is 0 Å². The third-order valence-corrected chi connectivity index (χ3v) is 6.00. The molecule has 6 heteroatoms. The van der Waals surface area contributed by atoms with E-state index < -0.39 is 6.04 Å². The minimum atomic E-state index is -0.524. The van der Waals surface area contributed by atoms with Crippen LogP contribution < -0.4 is 10.1 Å². The van der Waals surface area contributed by atoms with Crippen LogP contribution in [0.1, 0.15) is 50.8 Å². The van der Waals surface area contributed by atoms with Crippen molar-refractivity contribution >= 4 is 23.6 Å². The van der Waals surface area contributed by atoms with E-state index in [-0.39, 0.29) is 17.4 Å². The normalized spacial score (nSPS) is 12.2. The Morgan fingerprint density at radius 3 is 2.16 bits per heavy atom. The number of amides is 2. The fourth-order valence-corrected chi connectivity index (χ4v) is 4.19. The summed E-state index contributed by atoms with van der Waals surface area (Å²) in [6.45, 7) is 10.2. The Morgan fingerprint density at radius 2 is 1.62 bits per heavy atom. The minimum Gasteiger partial charge on any atom is -0.497 e. The van der Waals surface area contributed by atoms with E-state index in [0.29, 0.717) is 18.7 Å². The predicted octanol–water partition coefficient (Wildman–Crippen LogP) is 4.96. The van der Waals surface area contributed by atoms with E-state index in [1.54, 1.807) is 23.8 Å². The summed E-state index contributed by atoms with van der Waals surface area (Å²) in [5.74, 6) is 1.69. The number of carbonyl (C=O) groups excluding carboxylic acids is 2. The fraction of sp³-hybridized carbons (Fsp3) is 0.462. The van der Waals surface area contributed by atoms with Crippen molar-refractivity contribution in [3.63, 3.8) is 0 Å². The smallest absolute Gasteiger partial charge is 0.243 e. The SMILES string of the molecule is CC[C@@H](C(=O)NC(C)(C)C)N(Cc1ccc(OC)cc1)C(=O)CSCc1ccc(C)cc1. The zero-order valence-corrected chi connectivity index (χ0v) is 20.9. The molecule has 0 saturated carbocycles. The minimum absolute atomic E-state index is 0.0335. The van der Waals surface area contributed by atoms with Crippen molar-refractivity contribution in [2.75, 3.05) is 12.9 Å². The molecule has 0 aromatic heterocycles. The Labute approximate surface area is 196 Å². The van der Waals surface area contributed by atoms with Crippen LogP contribution in [-0.2, 0) is 21.9 Å². The lowest BCUT2D eigenvalue weighted by atomic mass is 10.1. The molecule has 174 valence electrons. The van der Waals surface area contributed by atoms with Gasteiger partial charge >= 0.3 is 0 Å². The molecule has 2 amide bonds. The standard InChI is InChI=1S/C26H36N2O3S/c1-7-23(25(30)27-26(3,4)5)28(16-20-12-14-22(31-6)15-13-20)24(29)18-32-17-21-10-8-19(2)9-11-21/h8-15,23H,7,16-18H2,1-6H3,(H,27,30)/t23-/m0/s1. The van der Waals surface area contributed by atoms with Gasteiger partial charge in [0, 0.05) is 17.8 Å². The Balaban J connectivity index is 2.15. The number of aryl methyl sites for hydroxylation is 1. The third-order valence-electron chi connectivity index (χ3n) is 5.01. The Hall–Kier alpha value is -2.47. The van der Waals surface area contributed by atoms with Crippen LogP contribution in [0, 0.1) is 6.92 Å². The van der Waals surface area contributed by atoms with Crippen LogP contribution in [0.25, 0.3) is 0 Å². The van der Waals surface area contributed by atoms with Crippen molar-refractivity contribution in [2.24, 2.45) is 0 Å². The maximum atomic E-state index is 13.3. The predicted molar refractivity (Wildman–Crippen MR) is 133 cm³/mol. The molecule has 1 N–H and O–H groups in total. The second kappa shape index (κ2) is 12.0. The Bertz CT molecular complexity index is 873. The summed E-state index contributed by atoms with van der Waals surface area (Å²) >= 11 is 1.58. The average Bonchev–Trinajstić information content (AvgIpc) is 2.74. The van der Waals surface area contributed by atoms with Crippen LogP contribution in [0.5, 0.6) is 5.75 Å². The molecule has 0 unspecified atom stereocenters. The second-order valence-electron chi connectivity index (χ2n) is 9.01. The average molecular weight is 457 g/mol. The number of benzene rings is 2. The zero-order valence-electron chi connectivity index (χ0n) is 20.1. The van der Waals surface area contributed by atoms with Crippen LogP contribution >= 0.6 is 11.8 Å². The lowest BCUT2D eigenvalue weighted by molar-refractivity contribution is -0.140. The Kier molecular flexibility index (Phi) is 9.63. The highest BCUT2D eigenvalue weighted by Gasteiger charge is 2.30. The molecule has 0 aliphatic heterocycles. The summed E-state index contributed by atoms with van der Waals surface area (Å²) < 4.78 is 5.24. The van der Waals surface area contributed by atoms with Crippen molar-refractivity contribution < 1.29 is 14.3 Å². The van der Waals surface area contributed by atoms with E-state index in [9.17, 15) is 9.59 Å². The topological polar surface area (TPSA) is 58.6 Å². The number of methoxy groups -OCH3 is 1. The quantitative estimate of drug-likeness (QED) is 0.549. The van der Waals surface area contributed by atoms with Gasteiger partial charge in [-0.05, 0) is 57.4 Å². The lowest BCUT2D eigenvalue weighted by Crippen LogP contribution is -2.53. The molecule has 2 rings (SSSR count). The summed E-state index contributed by atoms with van der Waals surface area (Å²) in [6.07, 6.45) is 0.548. The van der Waals surface area contributed by atoms with Gasteiger partial charge in [0.2, 0.25) is 11.8 Å². The van der Waals surface area contributed by atoms with Crippen molar-refractivity contribution in [3.8, 4) is 5.75 Å². The molecule has 0 spiro atoms. The van der Waals surface area contributed by atoms with Crippen LogP contribution in [-0.4, -0.2) is 41.2 Å². The first kappa shape index (κ1) is 25.8. The largest absolute Gasteiger partial charge is 0.497 e. The highest BCUT2D eigenvalue weighted by Crippen LogP contribution is 2.19. The molecule has 0 aliphatic rings. The molecule has 0 heterocycles. The van der Waals surface area contributed by atoms with E-state index in [1.807, 2.05) is 52.0 Å². The van der Waals surface area contributed by atoms with Crippen LogP contribution in [0.4, 0.5) is 0 Å². The molecule has 2 aromatic rings. The van der Waals surface area contributed by atoms with Crippen LogP contribution in [0.3, 0.4) is 0 Å². The van der Waals surface area contributed by atoms with Crippen LogP contribution in [0.2, 0.25) is 0 Å². The zero-order chi connectivity index (χ0) is 23.7. The molecule has 0 saturated heterocycles. The van der Waals surface area contributed by atoms with E-state index in [4.69, 9.17) is 4.74 Å². The molecule has 0 bridgehead atoms. The first-order valence-corrected chi connectivity index (χ1v) is 12.2. The Morgan fingerprint density at radius 1 is 1.03 bits per heavy atom. The van der Waals surface area contributed by atoms with Gasteiger partial charge in [-0.1, -0.05) is 48.9 Å². The van der Waals surface area contributed by atoms with Crippen molar-refractivity contribution in [1.82, 2.24) is 10.2 Å². The third kappa shape index (κ3) is 8.23. The summed E-state index contributed by atoms with van der Waals surface area (Å²) in [7, 11) is 1.63. The molecule has 2 aromatic carbocycles. The first-order valence-electron chi connectivity index (χ1n) is 11.0. The van der Waals surface area contributed by atoms with Crippen molar-refractivity contribution in [2.45, 2.75) is 64.9 Å². The van der Waals surface area contributed by atoms with Crippen molar-refractivity contribution in [3.05, 3.63) is 65.2 Å². The number of thioether (sulfide) groups is 1. The van der Waals surface area contributed by atoms with Gasteiger partial charge in [-0.25, -0.2) is 0 Å². The van der Waals surface area contributed by atoms with Gasteiger partial charge in [0.1, 0.15) is 11.8 Å². The molecule has 5 nitrogen and oxygen atoms in total. The summed E-state index contributed by atoms with van der Waals surface area (Å²) in [6, 6.07) is 15.4. The van der Waals surface area contributed by atoms with Gasteiger partial charge in [0.05, 0.1) is 12.9 Å². The number of rotatable bonds is 10. The van der Waals surface area contributed by atoms with Gasteiger partial charge in [-0.15, -0.1) is 11.8 Å². The number of hydrogen-bond acceptors (Lipinski definition) is 4. The highest BCUT2D eigenvalue weighted by atomic mass is 32.2. The lowest BCUT2D eigenvalue weighted by Gasteiger charge is -2.33. The van der Waals surface area contributed by atoms with Gasteiger partial charge in [-0.3, -0.25) is 9.59 Å².